The van der Waals surface area contributed by atoms with Crippen molar-refractivity contribution >= 4 is 43.1 Å². The smallest absolute Gasteiger partial charge is 0.0717 e. The Labute approximate surface area is 267 Å². The van der Waals surface area contributed by atoms with Gasteiger partial charge in [-0.25, -0.2) is 0 Å². The van der Waals surface area contributed by atoms with E-state index in [9.17, 15) is 0 Å². The van der Waals surface area contributed by atoms with Crippen LogP contribution in [0.25, 0.3) is 87.7 Å². The maximum atomic E-state index is 4.82. The molecule has 0 N–H and O–H groups in total. The maximum Gasteiger partial charge on any atom is 0.0717 e. The van der Waals surface area contributed by atoms with Crippen LogP contribution in [0.4, 0.5) is 0 Å². The highest BCUT2D eigenvalue weighted by atomic mass is 14.7. The first-order valence-corrected chi connectivity index (χ1v) is 15.6. The van der Waals surface area contributed by atoms with Crippen LogP contribution in [-0.2, 0) is 0 Å². The van der Waals surface area contributed by atoms with Crippen LogP contribution in [0.2, 0.25) is 0 Å². The first-order chi connectivity index (χ1) is 22.8. The maximum absolute atomic E-state index is 4.82. The standard InChI is InChI=1S/C44H28N2/c1-2-11-29(12-3-1)43-37-18-8-9-19-38(37)44(40-26-31-13-4-5-15-34(31)35-16-6-7-17-36(35)40)39-22-20-30(25-41(39)43)32-21-23-42(46-28-32)33-14-10-24-45-27-33/h1-28H. The number of pyridine rings is 2. The zero-order chi connectivity index (χ0) is 30.5. The second-order valence-corrected chi connectivity index (χ2v) is 11.8. The van der Waals surface area contributed by atoms with Crippen LogP contribution >= 0.6 is 0 Å². The van der Waals surface area contributed by atoms with Gasteiger partial charge >= 0.3 is 0 Å². The molecule has 0 atom stereocenters. The third-order valence-electron chi connectivity index (χ3n) is 9.18. The van der Waals surface area contributed by atoms with Crippen molar-refractivity contribution in [3.8, 4) is 44.6 Å². The Balaban J connectivity index is 1.37. The fraction of sp³-hybridized carbons (Fsp3) is 0. The minimum Gasteiger partial charge on any atom is -0.264 e. The fourth-order valence-corrected chi connectivity index (χ4v) is 7.07. The van der Waals surface area contributed by atoms with E-state index in [0.717, 1.165) is 22.4 Å². The first-order valence-electron chi connectivity index (χ1n) is 15.6. The van der Waals surface area contributed by atoms with Crippen molar-refractivity contribution in [1.29, 1.82) is 0 Å². The molecule has 0 bridgehead atoms. The van der Waals surface area contributed by atoms with Crippen molar-refractivity contribution in [2.24, 2.45) is 0 Å². The summed E-state index contributed by atoms with van der Waals surface area (Å²) in [7, 11) is 0. The topological polar surface area (TPSA) is 25.8 Å². The predicted molar refractivity (Wildman–Crippen MR) is 194 cm³/mol. The molecule has 0 amide bonds. The van der Waals surface area contributed by atoms with Crippen molar-refractivity contribution in [1.82, 2.24) is 9.97 Å². The van der Waals surface area contributed by atoms with E-state index in [4.69, 9.17) is 4.98 Å². The molecule has 2 aromatic heterocycles. The Hall–Kier alpha value is -6.12. The van der Waals surface area contributed by atoms with Crippen LogP contribution in [0, 0.1) is 0 Å². The molecule has 0 aliphatic heterocycles. The normalized spacial score (nSPS) is 11.5. The van der Waals surface area contributed by atoms with Gasteiger partial charge in [0.05, 0.1) is 5.69 Å². The van der Waals surface area contributed by atoms with E-state index in [1.165, 1.54) is 65.3 Å². The molecule has 0 fully saturated rings. The average Bonchev–Trinajstić information content (AvgIpc) is 3.14. The molecule has 9 rings (SSSR count). The second kappa shape index (κ2) is 10.8. The number of hydrogen-bond acceptors (Lipinski definition) is 2. The van der Waals surface area contributed by atoms with Gasteiger partial charge in [0.1, 0.15) is 0 Å². The average molecular weight is 585 g/mol. The van der Waals surface area contributed by atoms with Crippen LogP contribution in [0.3, 0.4) is 0 Å². The fourth-order valence-electron chi connectivity index (χ4n) is 7.07. The molecule has 2 nitrogen and oxygen atoms in total. The zero-order valence-corrected chi connectivity index (χ0v) is 25.1. The molecule has 2 heterocycles. The number of fused-ring (bicyclic) bond motifs is 5. The SMILES string of the molecule is c1ccc(-c2c3ccccc3c(-c3cc4ccccc4c4ccccc34)c3ccc(-c4ccc(-c5cccnc5)nc4)cc23)cc1. The van der Waals surface area contributed by atoms with Crippen LogP contribution < -0.4 is 0 Å². The van der Waals surface area contributed by atoms with Crippen molar-refractivity contribution in [3.63, 3.8) is 0 Å². The van der Waals surface area contributed by atoms with E-state index in [2.05, 4.69) is 145 Å². The van der Waals surface area contributed by atoms with Gasteiger partial charge in [0.15, 0.2) is 0 Å². The number of benzene rings is 7. The van der Waals surface area contributed by atoms with Crippen molar-refractivity contribution in [2.45, 2.75) is 0 Å². The lowest BCUT2D eigenvalue weighted by molar-refractivity contribution is 1.28. The van der Waals surface area contributed by atoms with Crippen LogP contribution in [-0.4, -0.2) is 9.97 Å². The molecule has 0 unspecified atom stereocenters. The largest absolute Gasteiger partial charge is 0.264 e. The van der Waals surface area contributed by atoms with Crippen molar-refractivity contribution < 1.29 is 0 Å². The molecule has 7 aromatic carbocycles. The van der Waals surface area contributed by atoms with E-state index in [-0.39, 0.29) is 0 Å². The third-order valence-corrected chi connectivity index (χ3v) is 9.18. The van der Waals surface area contributed by atoms with Gasteiger partial charge in [-0.2, -0.15) is 0 Å². The molecule has 9 aromatic rings. The molecule has 214 valence electrons. The Morgan fingerprint density at radius 1 is 0.348 bits per heavy atom. The quantitative estimate of drug-likeness (QED) is 0.152. The summed E-state index contributed by atoms with van der Waals surface area (Å²) in [4.78, 5) is 9.09. The third kappa shape index (κ3) is 4.27. The lowest BCUT2D eigenvalue weighted by Gasteiger charge is -2.20. The summed E-state index contributed by atoms with van der Waals surface area (Å²) >= 11 is 0. The number of nitrogens with zero attached hydrogens (tertiary/aromatic N) is 2. The Morgan fingerprint density at radius 3 is 1.76 bits per heavy atom. The van der Waals surface area contributed by atoms with E-state index in [1.54, 1.807) is 6.20 Å². The van der Waals surface area contributed by atoms with E-state index < -0.39 is 0 Å². The van der Waals surface area contributed by atoms with Crippen molar-refractivity contribution in [3.05, 3.63) is 170 Å². The Morgan fingerprint density at radius 2 is 1.00 bits per heavy atom. The van der Waals surface area contributed by atoms with Gasteiger partial charge in [0.2, 0.25) is 0 Å². The summed E-state index contributed by atoms with van der Waals surface area (Å²) in [5.41, 5.74) is 9.13. The summed E-state index contributed by atoms with van der Waals surface area (Å²) in [6.45, 7) is 0. The molecule has 0 spiro atoms. The molecular weight excluding hydrogens is 556 g/mol. The zero-order valence-electron chi connectivity index (χ0n) is 25.1. The monoisotopic (exact) mass is 584 g/mol. The van der Waals surface area contributed by atoms with E-state index >= 15 is 0 Å². The lowest BCUT2D eigenvalue weighted by atomic mass is 9.83. The molecule has 0 aliphatic rings. The van der Waals surface area contributed by atoms with Crippen LogP contribution in [0.1, 0.15) is 0 Å². The summed E-state index contributed by atoms with van der Waals surface area (Å²) in [5.74, 6) is 0. The Kier molecular flexibility index (Phi) is 6.17. The molecule has 0 saturated heterocycles. The van der Waals surface area contributed by atoms with E-state index in [1.807, 2.05) is 24.5 Å². The predicted octanol–water partition coefficient (Wildman–Crippen LogP) is 11.8. The molecule has 2 heteroatoms. The van der Waals surface area contributed by atoms with Crippen molar-refractivity contribution in [2.75, 3.05) is 0 Å². The van der Waals surface area contributed by atoms with Gasteiger partial charge < -0.3 is 0 Å². The number of hydrogen-bond donors (Lipinski definition) is 0. The van der Waals surface area contributed by atoms with Gasteiger partial charge in [-0.15, -0.1) is 0 Å². The first kappa shape index (κ1) is 26.3. The summed E-state index contributed by atoms with van der Waals surface area (Å²) in [6, 6.07) is 54.8. The molecule has 46 heavy (non-hydrogen) atoms. The molecule has 0 aliphatic carbocycles. The highest BCUT2D eigenvalue weighted by molar-refractivity contribution is 6.26. The molecule has 0 radical (unpaired) electrons. The second-order valence-electron chi connectivity index (χ2n) is 11.8. The highest BCUT2D eigenvalue weighted by Crippen LogP contribution is 2.47. The minimum absolute atomic E-state index is 0.916. The van der Waals surface area contributed by atoms with Crippen LogP contribution in [0.15, 0.2) is 170 Å². The Bertz CT molecular complexity index is 2550. The molecule has 0 saturated carbocycles. The van der Waals surface area contributed by atoms with Gasteiger partial charge in [0, 0.05) is 29.7 Å². The lowest BCUT2D eigenvalue weighted by Crippen LogP contribution is -1.93. The summed E-state index contributed by atoms with van der Waals surface area (Å²) in [6.07, 6.45) is 5.62. The number of rotatable bonds is 4. The van der Waals surface area contributed by atoms with Gasteiger partial charge in [-0.3, -0.25) is 9.97 Å². The minimum atomic E-state index is 0.916. The van der Waals surface area contributed by atoms with E-state index in [0.29, 0.717) is 0 Å². The van der Waals surface area contributed by atoms with Gasteiger partial charge in [-0.05, 0) is 101 Å². The number of aromatic nitrogens is 2. The van der Waals surface area contributed by atoms with Gasteiger partial charge in [-0.1, -0.05) is 121 Å². The summed E-state index contributed by atoms with van der Waals surface area (Å²) in [5, 5.41) is 10.0. The van der Waals surface area contributed by atoms with Gasteiger partial charge in [0.25, 0.3) is 0 Å². The molecular formula is C44H28N2. The summed E-state index contributed by atoms with van der Waals surface area (Å²) < 4.78 is 0. The van der Waals surface area contributed by atoms with Crippen LogP contribution in [0.5, 0.6) is 0 Å². The highest BCUT2D eigenvalue weighted by Gasteiger charge is 2.19.